The number of hydrogen-bond acceptors (Lipinski definition) is 5. The van der Waals surface area contributed by atoms with E-state index in [4.69, 9.17) is 0 Å². The van der Waals surface area contributed by atoms with E-state index in [1.807, 2.05) is 0 Å². The number of aromatic nitrogens is 3. The molecule has 8 heteroatoms. The summed E-state index contributed by atoms with van der Waals surface area (Å²) in [7, 11) is 2.15. The molecule has 2 aromatic rings. The maximum atomic E-state index is 12.3. The van der Waals surface area contributed by atoms with Crippen LogP contribution in [-0.2, 0) is 0 Å². The van der Waals surface area contributed by atoms with Crippen molar-refractivity contribution in [2.75, 3.05) is 39.8 Å². The maximum Gasteiger partial charge on any atom is 0.347 e. The fraction of sp³-hybridized carbons (Fsp3) is 0.562. The van der Waals surface area contributed by atoms with E-state index >= 15 is 0 Å². The van der Waals surface area contributed by atoms with Crippen molar-refractivity contribution in [2.24, 2.45) is 0 Å². The fourth-order valence-corrected chi connectivity index (χ4v) is 3.00. The molecule has 1 aliphatic heterocycles. The lowest BCUT2D eigenvalue weighted by Crippen LogP contribution is -2.58. The lowest BCUT2D eigenvalue weighted by atomic mass is 10.00. The van der Waals surface area contributed by atoms with Crippen LogP contribution in [0.1, 0.15) is 24.2 Å². The molecular formula is C16H24N6O2. The van der Waals surface area contributed by atoms with E-state index in [2.05, 4.69) is 46.2 Å². The maximum absolute atomic E-state index is 12.3. The number of hydrogen-bond donors (Lipinski definition) is 2. The zero-order valence-corrected chi connectivity index (χ0v) is 14.4. The van der Waals surface area contributed by atoms with Crippen molar-refractivity contribution in [3.05, 3.63) is 34.4 Å². The molecule has 3 heterocycles. The fourth-order valence-electron chi connectivity index (χ4n) is 3.00. The summed E-state index contributed by atoms with van der Waals surface area (Å²) in [4.78, 5) is 28.5. The molecule has 0 aromatic carbocycles. The van der Waals surface area contributed by atoms with Gasteiger partial charge in [0.2, 0.25) is 0 Å². The van der Waals surface area contributed by atoms with Gasteiger partial charge in [0.25, 0.3) is 5.91 Å². The zero-order chi connectivity index (χ0) is 17.3. The molecule has 2 aromatic heterocycles. The molecule has 0 spiro atoms. The highest BCUT2D eigenvalue weighted by Crippen LogP contribution is 2.18. The van der Waals surface area contributed by atoms with Crippen molar-refractivity contribution in [1.29, 1.82) is 0 Å². The lowest BCUT2D eigenvalue weighted by Gasteiger charge is -2.45. The first-order valence-corrected chi connectivity index (χ1v) is 8.15. The Morgan fingerprint density at radius 3 is 2.92 bits per heavy atom. The number of rotatable bonds is 4. The molecule has 1 aliphatic rings. The van der Waals surface area contributed by atoms with Gasteiger partial charge in [0.15, 0.2) is 5.65 Å². The van der Waals surface area contributed by atoms with E-state index < -0.39 is 0 Å². The van der Waals surface area contributed by atoms with Crippen LogP contribution in [0.15, 0.2) is 23.1 Å². The first-order valence-electron chi connectivity index (χ1n) is 8.15. The van der Waals surface area contributed by atoms with Crippen LogP contribution >= 0.6 is 0 Å². The second-order valence-corrected chi connectivity index (χ2v) is 6.94. The van der Waals surface area contributed by atoms with E-state index in [1.165, 1.54) is 10.6 Å². The number of carbonyl (C=O) groups is 1. The number of pyridine rings is 1. The summed E-state index contributed by atoms with van der Waals surface area (Å²) in [6.45, 7) is 8.88. The average molecular weight is 332 g/mol. The summed E-state index contributed by atoms with van der Waals surface area (Å²) in [6.07, 6.45) is 1.51. The van der Waals surface area contributed by atoms with Gasteiger partial charge in [0.05, 0.1) is 5.56 Å². The summed E-state index contributed by atoms with van der Waals surface area (Å²) in [5.41, 5.74) is 0.746. The van der Waals surface area contributed by atoms with E-state index in [0.717, 1.165) is 26.2 Å². The Morgan fingerprint density at radius 2 is 2.17 bits per heavy atom. The highest BCUT2D eigenvalue weighted by molar-refractivity contribution is 5.94. The number of piperazine rings is 1. The third-order valence-corrected chi connectivity index (χ3v) is 4.78. The molecule has 0 radical (unpaired) electrons. The Hall–Kier alpha value is -2.19. The summed E-state index contributed by atoms with van der Waals surface area (Å²) in [5.74, 6) is -0.182. The van der Waals surface area contributed by atoms with Gasteiger partial charge in [-0.15, -0.1) is 0 Å². The van der Waals surface area contributed by atoms with Crippen LogP contribution in [0, 0.1) is 0 Å². The number of nitrogens with one attached hydrogen (secondary N) is 2. The number of H-pyrrole nitrogens is 1. The summed E-state index contributed by atoms with van der Waals surface area (Å²) >= 11 is 0. The third kappa shape index (κ3) is 3.34. The quantitative estimate of drug-likeness (QED) is 0.808. The summed E-state index contributed by atoms with van der Waals surface area (Å²) in [5, 5.41) is 9.12. The molecule has 24 heavy (non-hydrogen) atoms. The number of nitrogens with zero attached hydrogens (tertiary/aromatic N) is 4. The molecule has 0 saturated carbocycles. The lowest BCUT2D eigenvalue weighted by molar-refractivity contribution is 0.0406. The molecule has 2 N–H and O–H groups in total. The van der Waals surface area contributed by atoms with Gasteiger partial charge in [0, 0.05) is 44.5 Å². The smallest absolute Gasteiger partial charge is 0.347 e. The van der Waals surface area contributed by atoms with Crippen LogP contribution in [-0.4, -0.2) is 75.6 Å². The summed E-state index contributed by atoms with van der Waals surface area (Å²) in [6, 6.07) is 3.32. The summed E-state index contributed by atoms with van der Waals surface area (Å²) < 4.78 is 1.33. The first-order chi connectivity index (χ1) is 11.4. The van der Waals surface area contributed by atoms with Gasteiger partial charge < -0.3 is 5.32 Å². The Bertz CT molecular complexity index is 793. The predicted octanol–water partition coefficient (Wildman–Crippen LogP) is -0.222. The van der Waals surface area contributed by atoms with Crippen LogP contribution in [0.25, 0.3) is 5.65 Å². The number of amides is 1. The minimum Gasteiger partial charge on any atom is -0.351 e. The number of likely N-dealkylation sites (N-methyl/N-ethyl adjacent to an activating group) is 1. The molecule has 130 valence electrons. The topological polar surface area (TPSA) is 85.7 Å². The molecule has 3 rings (SSSR count). The van der Waals surface area contributed by atoms with Crippen LogP contribution < -0.4 is 11.0 Å². The van der Waals surface area contributed by atoms with Crippen LogP contribution in [0.2, 0.25) is 0 Å². The molecule has 1 amide bonds. The van der Waals surface area contributed by atoms with Gasteiger partial charge >= 0.3 is 5.69 Å². The van der Waals surface area contributed by atoms with Crippen molar-refractivity contribution in [1.82, 2.24) is 29.7 Å². The van der Waals surface area contributed by atoms with Crippen molar-refractivity contribution in [2.45, 2.75) is 19.4 Å². The van der Waals surface area contributed by atoms with Gasteiger partial charge in [0.1, 0.15) is 0 Å². The molecule has 1 fully saturated rings. The molecule has 0 unspecified atom stereocenters. The van der Waals surface area contributed by atoms with Gasteiger partial charge in [-0.2, -0.15) is 5.10 Å². The van der Waals surface area contributed by atoms with Crippen molar-refractivity contribution >= 4 is 11.6 Å². The Balaban J connectivity index is 1.55. The van der Waals surface area contributed by atoms with Crippen LogP contribution in [0.5, 0.6) is 0 Å². The Labute approximate surface area is 140 Å². The predicted molar refractivity (Wildman–Crippen MR) is 91.3 cm³/mol. The van der Waals surface area contributed by atoms with E-state index in [1.54, 1.807) is 12.1 Å². The normalized spacial score (nSPS) is 18.8. The van der Waals surface area contributed by atoms with E-state index in [-0.39, 0.29) is 17.1 Å². The molecule has 8 nitrogen and oxygen atoms in total. The Kier molecular flexibility index (Phi) is 4.42. The zero-order valence-electron chi connectivity index (χ0n) is 14.4. The average Bonchev–Trinajstić information content (AvgIpc) is 2.91. The van der Waals surface area contributed by atoms with Crippen LogP contribution in [0.3, 0.4) is 0 Å². The minimum atomic E-state index is -0.348. The highest BCUT2D eigenvalue weighted by atomic mass is 16.2. The van der Waals surface area contributed by atoms with Crippen molar-refractivity contribution in [3.8, 4) is 0 Å². The molecule has 1 saturated heterocycles. The highest BCUT2D eigenvalue weighted by Gasteiger charge is 2.30. The second kappa shape index (κ2) is 6.37. The first kappa shape index (κ1) is 16.7. The molecule has 0 atom stereocenters. The van der Waals surface area contributed by atoms with Gasteiger partial charge in [-0.05, 0) is 33.0 Å². The van der Waals surface area contributed by atoms with Gasteiger partial charge in [-0.1, -0.05) is 0 Å². The van der Waals surface area contributed by atoms with Gasteiger partial charge in [-0.25, -0.2) is 14.3 Å². The molecular weight excluding hydrogens is 308 g/mol. The van der Waals surface area contributed by atoms with Crippen molar-refractivity contribution < 1.29 is 4.79 Å². The van der Waals surface area contributed by atoms with E-state index in [0.29, 0.717) is 17.8 Å². The van der Waals surface area contributed by atoms with Crippen LogP contribution in [0.4, 0.5) is 0 Å². The second-order valence-electron chi connectivity index (χ2n) is 6.94. The largest absolute Gasteiger partial charge is 0.351 e. The number of aromatic amines is 1. The number of fused-ring (bicyclic) bond motifs is 1. The Morgan fingerprint density at radius 1 is 1.38 bits per heavy atom. The standard InChI is InChI=1S/C16H24N6O2/c1-16(2)11-21(9-8-20(16)3)7-6-17-14(23)12-4-5-13-18-19-15(24)22(13)10-12/h4-5,10H,6-9,11H2,1-3H3,(H,17,23)(H,19,24). The molecule has 0 bridgehead atoms. The van der Waals surface area contributed by atoms with E-state index in [9.17, 15) is 9.59 Å². The number of carbonyl (C=O) groups excluding carboxylic acids is 1. The van der Waals surface area contributed by atoms with Crippen molar-refractivity contribution in [3.63, 3.8) is 0 Å². The minimum absolute atomic E-state index is 0.149. The monoisotopic (exact) mass is 332 g/mol. The third-order valence-electron chi connectivity index (χ3n) is 4.78. The SMILES string of the molecule is CN1CCN(CCNC(=O)c2ccc3n[nH]c(=O)n3c2)CC1(C)C. The molecule has 0 aliphatic carbocycles. The van der Waals surface area contributed by atoms with Gasteiger partial charge in [-0.3, -0.25) is 14.6 Å².